The summed E-state index contributed by atoms with van der Waals surface area (Å²) in [6.07, 6.45) is 2.55. The van der Waals surface area contributed by atoms with Crippen molar-refractivity contribution in [3.63, 3.8) is 0 Å². The van der Waals surface area contributed by atoms with Gasteiger partial charge in [0.05, 0.1) is 10.2 Å². The van der Waals surface area contributed by atoms with Crippen molar-refractivity contribution in [3.8, 4) is 0 Å². The number of thioether (sulfide) groups is 1. The normalized spacial score (nSPS) is 12.1. The van der Waals surface area contributed by atoms with Crippen LogP contribution in [0.5, 0.6) is 0 Å². The lowest BCUT2D eigenvalue weighted by atomic mass is 10.1. The fourth-order valence-corrected chi connectivity index (χ4v) is 3.59. The number of aromatic nitrogens is 1. The average Bonchev–Trinajstić information content (AvgIpc) is 2.84. The zero-order valence-corrected chi connectivity index (χ0v) is 14.9. The number of aryl methyl sites for hydroxylation is 1. The maximum Gasteiger partial charge on any atom is 0.246 e. The van der Waals surface area contributed by atoms with Crippen LogP contribution in [-0.4, -0.2) is 34.8 Å². The summed E-state index contributed by atoms with van der Waals surface area (Å²) in [5.41, 5.74) is 8.23. The maximum absolute atomic E-state index is 12.4. The highest BCUT2D eigenvalue weighted by atomic mass is 32.2. The number of fused-ring (bicyclic) bond motifs is 1. The Morgan fingerprint density at radius 1 is 1.43 bits per heavy atom. The predicted octanol–water partition coefficient (Wildman–Crippen LogP) is 2.38. The number of hydrogen-bond donors (Lipinski definition) is 3. The number of anilines is 2. The van der Waals surface area contributed by atoms with E-state index < -0.39 is 6.04 Å². The number of nitrogens with zero attached hydrogens (tertiary/aromatic N) is 1. The van der Waals surface area contributed by atoms with Crippen molar-refractivity contribution in [1.29, 1.82) is 0 Å². The van der Waals surface area contributed by atoms with Crippen molar-refractivity contribution in [2.24, 2.45) is 0 Å². The van der Waals surface area contributed by atoms with Crippen LogP contribution >= 0.6 is 23.1 Å². The second kappa shape index (κ2) is 7.65. The Balaban J connectivity index is 2.18. The molecular formula is C15H20N4O2S2. The van der Waals surface area contributed by atoms with E-state index in [1.54, 1.807) is 11.8 Å². The second-order valence-electron chi connectivity index (χ2n) is 5.22. The molecule has 1 heterocycles. The first-order valence-electron chi connectivity index (χ1n) is 7.14. The minimum atomic E-state index is -0.539. The number of benzene rings is 1. The van der Waals surface area contributed by atoms with E-state index in [9.17, 15) is 9.59 Å². The molecule has 124 valence electrons. The Labute approximate surface area is 143 Å². The van der Waals surface area contributed by atoms with Gasteiger partial charge in [0.1, 0.15) is 6.04 Å². The summed E-state index contributed by atoms with van der Waals surface area (Å²) < 4.78 is 0.929. The summed E-state index contributed by atoms with van der Waals surface area (Å²) in [4.78, 5) is 28.0. The van der Waals surface area contributed by atoms with Crippen LogP contribution in [0.25, 0.3) is 10.2 Å². The molecule has 0 aliphatic heterocycles. The van der Waals surface area contributed by atoms with Gasteiger partial charge in [-0.25, -0.2) is 4.98 Å². The van der Waals surface area contributed by atoms with E-state index in [0.29, 0.717) is 17.2 Å². The summed E-state index contributed by atoms with van der Waals surface area (Å²) in [5.74, 6) is 0.362. The molecule has 2 aromatic rings. The lowest BCUT2D eigenvalue weighted by molar-refractivity contribution is -0.125. The quantitative estimate of drug-likeness (QED) is 0.741. The van der Waals surface area contributed by atoms with E-state index in [1.165, 1.54) is 18.3 Å². The van der Waals surface area contributed by atoms with Crippen LogP contribution in [0, 0.1) is 6.92 Å². The van der Waals surface area contributed by atoms with Gasteiger partial charge in [-0.3, -0.25) is 9.59 Å². The van der Waals surface area contributed by atoms with Gasteiger partial charge in [0.15, 0.2) is 5.13 Å². The average molecular weight is 352 g/mol. The number of hydrogen-bond acceptors (Lipinski definition) is 6. The third-order valence-electron chi connectivity index (χ3n) is 3.27. The van der Waals surface area contributed by atoms with Gasteiger partial charge in [0.2, 0.25) is 11.8 Å². The van der Waals surface area contributed by atoms with E-state index >= 15 is 0 Å². The minimum absolute atomic E-state index is 0.215. The summed E-state index contributed by atoms with van der Waals surface area (Å²) in [7, 11) is 0. The maximum atomic E-state index is 12.4. The van der Waals surface area contributed by atoms with Gasteiger partial charge in [-0.1, -0.05) is 11.3 Å². The van der Waals surface area contributed by atoms with Crippen molar-refractivity contribution in [2.45, 2.75) is 26.3 Å². The van der Waals surface area contributed by atoms with Crippen LogP contribution in [0.15, 0.2) is 12.1 Å². The second-order valence-corrected chi connectivity index (χ2v) is 7.26. The SMILES string of the molecule is CSCC[C@H](NC(C)=O)C(=O)Nc1cc(C)c2nc(N)sc2c1. The number of carbonyl (C=O) groups is 2. The number of thiazole rings is 1. The molecule has 8 heteroatoms. The molecule has 0 radical (unpaired) electrons. The lowest BCUT2D eigenvalue weighted by Crippen LogP contribution is -2.43. The van der Waals surface area contributed by atoms with Gasteiger partial charge >= 0.3 is 0 Å². The summed E-state index contributed by atoms with van der Waals surface area (Å²) in [6.45, 7) is 3.34. The van der Waals surface area contributed by atoms with E-state index in [4.69, 9.17) is 5.73 Å². The molecule has 1 atom stereocenters. The highest BCUT2D eigenvalue weighted by Crippen LogP contribution is 2.29. The van der Waals surface area contributed by atoms with Gasteiger partial charge in [0, 0.05) is 12.6 Å². The molecule has 6 nitrogen and oxygen atoms in total. The number of nitrogen functional groups attached to an aromatic ring is 1. The van der Waals surface area contributed by atoms with Gasteiger partial charge in [-0.05, 0) is 43.0 Å². The minimum Gasteiger partial charge on any atom is -0.375 e. The Morgan fingerprint density at radius 3 is 2.83 bits per heavy atom. The molecule has 0 bridgehead atoms. The molecular weight excluding hydrogens is 332 g/mol. The molecule has 23 heavy (non-hydrogen) atoms. The topological polar surface area (TPSA) is 97.1 Å². The number of amides is 2. The third-order valence-corrected chi connectivity index (χ3v) is 4.75. The molecule has 0 fully saturated rings. The van der Waals surface area contributed by atoms with Crippen LogP contribution < -0.4 is 16.4 Å². The van der Waals surface area contributed by atoms with Gasteiger partial charge in [0.25, 0.3) is 0 Å². The van der Waals surface area contributed by atoms with Crippen molar-refractivity contribution in [3.05, 3.63) is 17.7 Å². The van der Waals surface area contributed by atoms with Gasteiger partial charge in [-0.15, -0.1) is 0 Å². The predicted molar refractivity (Wildman–Crippen MR) is 98.0 cm³/mol. The zero-order chi connectivity index (χ0) is 17.0. The van der Waals surface area contributed by atoms with E-state index in [2.05, 4.69) is 15.6 Å². The third kappa shape index (κ3) is 4.59. The molecule has 2 amide bonds. The molecule has 0 spiro atoms. The summed E-state index contributed by atoms with van der Waals surface area (Å²) >= 11 is 3.02. The van der Waals surface area contributed by atoms with Crippen LogP contribution in [0.1, 0.15) is 18.9 Å². The summed E-state index contributed by atoms with van der Waals surface area (Å²) in [5, 5.41) is 6.07. The van der Waals surface area contributed by atoms with E-state index in [1.807, 2.05) is 25.3 Å². The van der Waals surface area contributed by atoms with Crippen molar-refractivity contribution >= 4 is 55.9 Å². The first-order chi connectivity index (χ1) is 10.9. The zero-order valence-electron chi connectivity index (χ0n) is 13.3. The molecule has 1 aromatic heterocycles. The molecule has 0 unspecified atom stereocenters. The monoisotopic (exact) mass is 352 g/mol. The molecule has 0 aliphatic rings. The fraction of sp³-hybridized carbons (Fsp3) is 0.400. The molecule has 0 aliphatic carbocycles. The van der Waals surface area contributed by atoms with Crippen molar-refractivity contribution in [2.75, 3.05) is 23.1 Å². The van der Waals surface area contributed by atoms with Crippen molar-refractivity contribution in [1.82, 2.24) is 10.3 Å². The number of rotatable bonds is 6. The molecule has 4 N–H and O–H groups in total. The summed E-state index contributed by atoms with van der Waals surface area (Å²) in [6, 6.07) is 3.18. The molecule has 0 saturated heterocycles. The Morgan fingerprint density at radius 2 is 2.17 bits per heavy atom. The van der Waals surface area contributed by atoms with Gasteiger partial charge < -0.3 is 16.4 Å². The first-order valence-corrected chi connectivity index (χ1v) is 9.35. The molecule has 0 saturated carbocycles. The Kier molecular flexibility index (Phi) is 5.84. The van der Waals surface area contributed by atoms with Crippen molar-refractivity contribution < 1.29 is 9.59 Å². The van der Waals surface area contributed by atoms with Crippen LogP contribution in [0.4, 0.5) is 10.8 Å². The van der Waals surface area contributed by atoms with Crippen LogP contribution in [0.3, 0.4) is 0 Å². The van der Waals surface area contributed by atoms with Crippen LogP contribution in [-0.2, 0) is 9.59 Å². The molecule has 1 aromatic carbocycles. The standard InChI is InChI=1S/C15H20N4O2S2/c1-8-6-10(7-12-13(8)19-15(16)23-12)18-14(21)11(4-5-22-3)17-9(2)20/h6-7,11H,4-5H2,1-3H3,(H2,16,19)(H,17,20)(H,18,21)/t11-/m0/s1. The number of nitrogens with two attached hydrogens (primary N) is 1. The largest absolute Gasteiger partial charge is 0.375 e. The van der Waals surface area contributed by atoms with Crippen LogP contribution in [0.2, 0.25) is 0 Å². The number of nitrogens with one attached hydrogen (secondary N) is 2. The highest BCUT2D eigenvalue weighted by molar-refractivity contribution is 7.98. The fourth-order valence-electron chi connectivity index (χ4n) is 2.27. The highest BCUT2D eigenvalue weighted by Gasteiger charge is 2.19. The molecule has 2 rings (SSSR count). The number of carbonyl (C=O) groups excluding carboxylic acids is 2. The van der Waals surface area contributed by atoms with E-state index in [0.717, 1.165) is 21.5 Å². The lowest BCUT2D eigenvalue weighted by Gasteiger charge is -2.17. The smallest absolute Gasteiger partial charge is 0.246 e. The Bertz CT molecular complexity index is 730. The van der Waals surface area contributed by atoms with E-state index in [-0.39, 0.29) is 11.8 Å². The van der Waals surface area contributed by atoms with Gasteiger partial charge in [-0.2, -0.15) is 11.8 Å². The Hall–Kier alpha value is -1.80. The first kappa shape index (κ1) is 17.6.